The third-order valence-corrected chi connectivity index (χ3v) is 5.51. The van der Waals surface area contributed by atoms with Crippen molar-refractivity contribution in [2.45, 2.75) is 31.5 Å². The van der Waals surface area contributed by atoms with Gasteiger partial charge in [0.1, 0.15) is 11.5 Å². The van der Waals surface area contributed by atoms with E-state index >= 15 is 0 Å². The minimum atomic E-state index is -4.45. The molecule has 0 aliphatic carbocycles. The quantitative estimate of drug-likeness (QED) is 0.535. The molecule has 0 unspecified atom stereocenters. The second-order valence-electron chi connectivity index (χ2n) is 7.69. The van der Waals surface area contributed by atoms with Gasteiger partial charge in [-0.05, 0) is 30.7 Å². The van der Waals surface area contributed by atoms with E-state index in [1.807, 2.05) is 4.90 Å². The zero-order chi connectivity index (χ0) is 23.8. The zero-order valence-corrected chi connectivity index (χ0v) is 17.6. The van der Waals surface area contributed by atoms with E-state index in [0.717, 1.165) is 0 Å². The molecule has 1 saturated heterocycles. The first-order valence-corrected chi connectivity index (χ1v) is 10.2. The van der Waals surface area contributed by atoms with Gasteiger partial charge >= 0.3 is 18.2 Å². The first kappa shape index (κ1) is 22.5. The van der Waals surface area contributed by atoms with Crippen LogP contribution >= 0.6 is 0 Å². The molecule has 0 radical (unpaired) electrons. The molecule has 0 spiro atoms. The molecule has 33 heavy (non-hydrogen) atoms. The molecule has 4 heterocycles. The van der Waals surface area contributed by atoms with E-state index in [9.17, 15) is 27.6 Å². The average molecular weight is 463 g/mol. The molecule has 1 N–H and O–H groups in total. The van der Waals surface area contributed by atoms with E-state index in [-0.39, 0.29) is 28.9 Å². The Labute approximate surface area is 186 Å². The molecule has 0 saturated carbocycles. The molecule has 1 atom stereocenters. The number of urea groups is 1. The van der Waals surface area contributed by atoms with E-state index in [1.165, 1.54) is 36.4 Å². The van der Waals surface area contributed by atoms with Gasteiger partial charge in [0.2, 0.25) is 0 Å². The number of amides is 2. The third-order valence-electron chi connectivity index (χ3n) is 5.51. The number of fused-ring (bicyclic) bond motifs is 4. The SMILES string of the molecule is COC(=O)c1ccc(NC(=O)N2c3nc(C(=O)CCC(F)(F)F)ccc3N3CC[C@H]2C3)nc1. The lowest BCUT2D eigenvalue weighted by Crippen LogP contribution is -2.48. The van der Waals surface area contributed by atoms with Crippen LogP contribution in [0.5, 0.6) is 0 Å². The fourth-order valence-electron chi connectivity index (χ4n) is 3.89. The average Bonchev–Trinajstić information content (AvgIpc) is 3.20. The van der Waals surface area contributed by atoms with Gasteiger partial charge < -0.3 is 9.64 Å². The molecule has 2 aliphatic rings. The number of Topliss-reactive ketones (excluding diaryl/α,β-unsaturated/α-hetero) is 1. The van der Waals surface area contributed by atoms with Gasteiger partial charge in [0, 0.05) is 25.7 Å². The largest absolute Gasteiger partial charge is 0.465 e. The lowest BCUT2D eigenvalue weighted by molar-refractivity contribution is -0.133. The number of rotatable bonds is 5. The molecular formula is C21H20F3N5O4. The number of methoxy groups -OCH3 is 1. The molecule has 2 aromatic rings. The number of alkyl halides is 3. The number of carbonyl (C=O) groups excluding carboxylic acids is 3. The van der Waals surface area contributed by atoms with Gasteiger partial charge in [-0.25, -0.2) is 19.6 Å². The van der Waals surface area contributed by atoms with Crippen molar-refractivity contribution >= 4 is 35.1 Å². The number of carbonyl (C=O) groups is 3. The van der Waals surface area contributed by atoms with Crippen LogP contribution in [0.3, 0.4) is 0 Å². The van der Waals surface area contributed by atoms with Gasteiger partial charge in [-0.15, -0.1) is 0 Å². The third kappa shape index (κ3) is 4.73. The van der Waals surface area contributed by atoms with Crippen molar-refractivity contribution in [2.75, 3.05) is 35.3 Å². The number of anilines is 3. The van der Waals surface area contributed by atoms with Gasteiger partial charge in [0.05, 0.1) is 30.8 Å². The van der Waals surface area contributed by atoms with Crippen LogP contribution in [0.25, 0.3) is 0 Å². The predicted octanol–water partition coefficient (Wildman–Crippen LogP) is 3.42. The van der Waals surface area contributed by atoms with Crippen LogP contribution in [0.1, 0.15) is 40.1 Å². The summed E-state index contributed by atoms with van der Waals surface area (Å²) >= 11 is 0. The highest BCUT2D eigenvalue weighted by Gasteiger charge is 2.40. The number of ether oxygens (including phenoxy) is 1. The molecule has 9 nitrogen and oxygen atoms in total. The first-order valence-electron chi connectivity index (χ1n) is 10.2. The summed E-state index contributed by atoms with van der Waals surface area (Å²) in [7, 11) is 1.24. The van der Waals surface area contributed by atoms with Crippen LogP contribution in [0, 0.1) is 0 Å². The highest BCUT2D eigenvalue weighted by atomic mass is 19.4. The topological polar surface area (TPSA) is 105 Å². The maximum absolute atomic E-state index is 13.1. The molecular weight excluding hydrogens is 443 g/mol. The molecule has 174 valence electrons. The van der Waals surface area contributed by atoms with E-state index in [0.29, 0.717) is 25.2 Å². The number of nitrogens with zero attached hydrogens (tertiary/aromatic N) is 4. The molecule has 2 aliphatic heterocycles. The Kier molecular flexibility index (Phi) is 5.91. The summed E-state index contributed by atoms with van der Waals surface area (Å²) in [5.74, 6) is -0.913. The molecule has 12 heteroatoms. The van der Waals surface area contributed by atoms with Gasteiger partial charge in [-0.1, -0.05) is 0 Å². The molecule has 2 amide bonds. The van der Waals surface area contributed by atoms with E-state index in [4.69, 9.17) is 0 Å². The Morgan fingerprint density at radius 2 is 2.00 bits per heavy atom. The summed E-state index contributed by atoms with van der Waals surface area (Å²) in [4.78, 5) is 48.7. The Morgan fingerprint density at radius 3 is 2.67 bits per heavy atom. The maximum atomic E-state index is 13.1. The van der Waals surface area contributed by atoms with Gasteiger partial charge in [-0.3, -0.25) is 15.0 Å². The summed E-state index contributed by atoms with van der Waals surface area (Å²) in [5.41, 5.74) is 0.716. The van der Waals surface area contributed by atoms with Crippen LogP contribution < -0.4 is 15.1 Å². The lowest BCUT2D eigenvalue weighted by atomic mass is 10.1. The summed E-state index contributed by atoms with van der Waals surface area (Å²) in [5, 5.41) is 2.64. The van der Waals surface area contributed by atoms with Crippen molar-refractivity contribution in [3.63, 3.8) is 0 Å². The second kappa shape index (κ2) is 8.68. The van der Waals surface area contributed by atoms with Gasteiger partial charge in [0.25, 0.3) is 0 Å². The zero-order valence-electron chi connectivity index (χ0n) is 17.6. The number of hydrogen-bond acceptors (Lipinski definition) is 7. The number of esters is 1. The minimum absolute atomic E-state index is 0.126. The Morgan fingerprint density at radius 1 is 1.21 bits per heavy atom. The van der Waals surface area contributed by atoms with E-state index < -0.39 is 36.8 Å². The Balaban J connectivity index is 1.57. The molecule has 4 rings (SSSR count). The number of hydrogen-bond donors (Lipinski definition) is 1. The van der Waals surface area contributed by atoms with Crippen molar-refractivity contribution in [3.8, 4) is 0 Å². The minimum Gasteiger partial charge on any atom is -0.465 e. The number of aromatic nitrogens is 2. The molecule has 2 bridgehead atoms. The monoisotopic (exact) mass is 463 g/mol. The number of pyridine rings is 2. The van der Waals surface area contributed by atoms with Crippen LogP contribution in [-0.4, -0.2) is 60.2 Å². The summed E-state index contributed by atoms with van der Waals surface area (Å²) in [6.45, 7) is 1.24. The van der Waals surface area contributed by atoms with Crippen molar-refractivity contribution in [2.24, 2.45) is 0 Å². The number of halogens is 3. The van der Waals surface area contributed by atoms with E-state index in [1.54, 1.807) is 6.07 Å². The first-order chi connectivity index (χ1) is 15.7. The Bertz CT molecular complexity index is 1090. The maximum Gasteiger partial charge on any atom is 0.389 e. The Hall–Kier alpha value is -3.70. The van der Waals surface area contributed by atoms with Crippen molar-refractivity contribution in [1.82, 2.24) is 9.97 Å². The predicted molar refractivity (Wildman–Crippen MR) is 112 cm³/mol. The van der Waals surface area contributed by atoms with Crippen LogP contribution in [0.4, 0.5) is 35.3 Å². The van der Waals surface area contributed by atoms with Crippen molar-refractivity contribution in [1.29, 1.82) is 0 Å². The molecule has 1 fully saturated rings. The normalized spacial score (nSPS) is 16.9. The van der Waals surface area contributed by atoms with Crippen LogP contribution in [0.2, 0.25) is 0 Å². The summed E-state index contributed by atoms with van der Waals surface area (Å²) in [6, 6.07) is 5.12. The summed E-state index contributed by atoms with van der Waals surface area (Å²) < 4.78 is 42.1. The number of nitrogens with one attached hydrogen (secondary N) is 1. The lowest BCUT2D eigenvalue weighted by Gasteiger charge is -2.35. The molecule has 0 aromatic carbocycles. The van der Waals surface area contributed by atoms with Gasteiger partial charge in [0.15, 0.2) is 11.6 Å². The summed E-state index contributed by atoms with van der Waals surface area (Å²) in [6.07, 6.45) is -4.48. The van der Waals surface area contributed by atoms with E-state index in [2.05, 4.69) is 20.0 Å². The molecule has 2 aromatic heterocycles. The highest BCUT2D eigenvalue weighted by molar-refractivity contribution is 6.05. The highest BCUT2D eigenvalue weighted by Crippen LogP contribution is 2.39. The fourth-order valence-corrected chi connectivity index (χ4v) is 3.89. The standard InChI is InChI=1S/C21H20F3N5O4/c1-33-19(31)12-2-5-17(25-10-12)27-20(32)29-13-7-9-28(11-13)15-4-3-14(26-18(15)29)16(30)6-8-21(22,23)24/h2-5,10,13H,6-9,11H2,1H3,(H,25,27,32)/t13-/m0/s1. The van der Waals surface area contributed by atoms with Crippen LogP contribution in [0.15, 0.2) is 30.5 Å². The van der Waals surface area contributed by atoms with Crippen molar-refractivity contribution < 1.29 is 32.3 Å². The van der Waals surface area contributed by atoms with Crippen molar-refractivity contribution in [3.05, 3.63) is 41.7 Å². The van der Waals surface area contributed by atoms with Crippen LogP contribution in [-0.2, 0) is 4.74 Å². The smallest absolute Gasteiger partial charge is 0.389 e. The van der Waals surface area contributed by atoms with Gasteiger partial charge in [-0.2, -0.15) is 13.2 Å². The fraction of sp³-hybridized carbons (Fsp3) is 0.381. The number of ketones is 1. The second-order valence-corrected chi connectivity index (χ2v) is 7.69.